The fourth-order valence-electron chi connectivity index (χ4n) is 7.55. The molecule has 0 saturated carbocycles. The van der Waals surface area contributed by atoms with Crippen LogP contribution >= 0.6 is 0 Å². The van der Waals surface area contributed by atoms with E-state index in [4.69, 9.17) is 4.74 Å². The third-order valence-electron chi connectivity index (χ3n) is 11.3. The lowest BCUT2D eigenvalue weighted by atomic mass is 10.0. The summed E-state index contributed by atoms with van der Waals surface area (Å²) in [6.45, 7) is 6.35. The summed E-state index contributed by atoms with van der Waals surface area (Å²) in [6.07, 6.45) is 52.0. The Kier molecular flexibility index (Phi) is 43.6. The largest absolute Gasteiger partial charge is 0.462 e. The van der Waals surface area contributed by atoms with Crippen molar-refractivity contribution in [3.63, 3.8) is 0 Å². The van der Waals surface area contributed by atoms with E-state index in [2.05, 4.69) is 62.5 Å². The maximum atomic E-state index is 13.2. The highest BCUT2D eigenvalue weighted by Crippen LogP contribution is 2.18. The second kappa shape index (κ2) is 45.2. The van der Waals surface area contributed by atoms with Gasteiger partial charge in [-0.2, -0.15) is 0 Å². The molecule has 3 atom stereocenters. The maximum absolute atomic E-state index is 13.2. The van der Waals surface area contributed by atoms with Crippen LogP contribution in [0, 0.1) is 0 Å². The van der Waals surface area contributed by atoms with E-state index in [0.29, 0.717) is 19.3 Å². The molecule has 0 rings (SSSR count). The van der Waals surface area contributed by atoms with Crippen LogP contribution < -0.4 is 5.32 Å². The molecule has 0 aromatic heterocycles. The highest BCUT2D eigenvalue weighted by molar-refractivity contribution is 5.77. The molecular weight excluding hydrogens is 707 g/mol. The first-order valence-corrected chi connectivity index (χ1v) is 24.7. The summed E-state index contributed by atoms with van der Waals surface area (Å²) in [4.78, 5) is 26.1. The molecule has 0 radical (unpaired) electrons. The summed E-state index contributed by atoms with van der Waals surface area (Å²) in [5.74, 6) is -0.479. The molecule has 57 heavy (non-hydrogen) atoms. The zero-order valence-electron chi connectivity index (χ0n) is 38.0. The van der Waals surface area contributed by atoms with Gasteiger partial charge in [-0.1, -0.05) is 231 Å². The molecule has 0 saturated heterocycles. The Hall–Kier alpha value is -1.92. The average Bonchev–Trinajstić information content (AvgIpc) is 3.20. The normalized spacial score (nSPS) is 13.6. The van der Waals surface area contributed by atoms with E-state index in [1.165, 1.54) is 148 Å². The summed E-state index contributed by atoms with van der Waals surface area (Å²) in [7, 11) is 0. The van der Waals surface area contributed by atoms with Gasteiger partial charge in [-0.3, -0.25) is 9.59 Å². The molecule has 0 fully saturated rings. The number of aliphatic hydroxyl groups excluding tert-OH is 2. The highest BCUT2D eigenvalue weighted by Gasteiger charge is 2.24. The second-order valence-corrected chi connectivity index (χ2v) is 16.9. The lowest BCUT2D eigenvalue weighted by Crippen LogP contribution is -2.46. The van der Waals surface area contributed by atoms with Crippen LogP contribution in [-0.2, 0) is 14.3 Å². The number of esters is 1. The minimum atomic E-state index is -0.785. The minimum Gasteiger partial charge on any atom is -0.462 e. The quantitative estimate of drug-likeness (QED) is 0.0324. The van der Waals surface area contributed by atoms with E-state index in [1.807, 2.05) is 0 Å². The van der Waals surface area contributed by atoms with Crippen LogP contribution in [0.2, 0.25) is 0 Å². The zero-order chi connectivity index (χ0) is 41.7. The Balaban J connectivity index is 4.54. The summed E-state index contributed by atoms with van der Waals surface area (Å²) in [6, 6.07) is -0.699. The lowest BCUT2D eigenvalue weighted by molar-refractivity contribution is -0.151. The number of ether oxygens (including phenoxy) is 1. The van der Waals surface area contributed by atoms with Crippen molar-refractivity contribution in [2.24, 2.45) is 0 Å². The van der Waals surface area contributed by atoms with Gasteiger partial charge in [-0.05, 0) is 44.9 Å². The van der Waals surface area contributed by atoms with Gasteiger partial charge in [-0.15, -0.1) is 0 Å². The van der Waals surface area contributed by atoms with Gasteiger partial charge in [0.2, 0.25) is 5.91 Å². The van der Waals surface area contributed by atoms with E-state index in [9.17, 15) is 19.8 Å². The number of hydrogen-bond donors (Lipinski definition) is 3. The summed E-state index contributed by atoms with van der Waals surface area (Å²) < 4.78 is 5.92. The number of amides is 1. The predicted molar refractivity (Wildman–Crippen MR) is 246 cm³/mol. The van der Waals surface area contributed by atoms with Crippen molar-refractivity contribution in [3.05, 3.63) is 36.5 Å². The molecule has 0 aliphatic carbocycles. The third kappa shape index (κ3) is 40.6. The number of allylic oxidation sites excluding steroid dienone is 6. The Labute approximate surface area is 353 Å². The van der Waals surface area contributed by atoms with Crippen LogP contribution in [0.1, 0.15) is 252 Å². The Morgan fingerprint density at radius 3 is 1.42 bits per heavy atom. The van der Waals surface area contributed by atoms with Crippen molar-refractivity contribution < 1.29 is 24.5 Å². The standard InChI is InChI=1S/C51H95NO5/c1-4-7-10-13-16-19-22-24-25-26-29-32-35-38-41-44-51(56)57-47(42-39-36-33-30-27-21-18-15-12-9-6-3)45-50(55)52-48(46-53)49(54)43-40-37-34-31-28-23-20-17-14-11-8-5-2/h7,10,13,16,19,22,47-49,53-54H,4-6,8-9,11-12,14-15,17-18,20-21,23-46H2,1-3H3,(H,52,55)/b10-7+,16-13+,22-19+. The van der Waals surface area contributed by atoms with Gasteiger partial charge in [0.25, 0.3) is 0 Å². The van der Waals surface area contributed by atoms with E-state index in [0.717, 1.165) is 57.8 Å². The van der Waals surface area contributed by atoms with E-state index in [-0.39, 0.29) is 24.9 Å². The Bertz CT molecular complexity index is 946. The number of carbonyl (C=O) groups excluding carboxylic acids is 2. The molecule has 0 aliphatic rings. The zero-order valence-corrected chi connectivity index (χ0v) is 38.0. The topological polar surface area (TPSA) is 95.9 Å². The van der Waals surface area contributed by atoms with Crippen LogP contribution in [0.25, 0.3) is 0 Å². The Morgan fingerprint density at radius 2 is 0.947 bits per heavy atom. The van der Waals surface area contributed by atoms with E-state index in [1.54, 1.807) is 0 Å². The first-order chi connectivity index (χ1) is 28.0. The van der Waals surface area contributed by atoms with Gasteiger partial charge in [0.05, 0.1) is 25.2 Å². The summed E-state index contributed by atoms with van der Waals surface area (Å²) in [5, 5.41) is 23.7. The van der Waals surface area contributed by atoms with Gasteiger partial charge >= 0.3 is 5.97 Å². The van der Waals surface area contributed by atoms with Crippen LogP contribution in [0.15, 0.2) is 36.5 Å². The molecule has 0 bridgehead atoms. The van der Waals surface area contributed by atoms with Crippen molar-refractivity contribution in [2.75, 3.05) is 6.61 Å². The molecule has 6 nitrogen and oxygen atoms in total. The molecule has 0 aromatic rings. The molecule has 334 valence electrons. The highest BCUT2D eigenvalue weighted by atomic mass is 16.5. The third-order valence-corrected chi connectivity index (χ3v) is 11.3. The number of nitrogens with one attached hydrogen (secondary N) is 1. The van der Waals surface area contributed by atoms with Crippen molar-refractivity contribution in [1.29, 1.82) is 0 Å². The number of unbranched alkanes of at least 4 members (excludes halogenated alkanes) is 28. The molecule has 1 amide bonds. The van der Waals surface area contributed by atoms with Crippen molar-refractivity contribution >= 4 is 11.9 Å². The average molecular weight is 802 g/mol. The maximum Gasteiger partial charge on any atom is 0.306 e. The van der Waals surface area contributed by atoms with Gasteiger partial charge in [0, 0.05) is 6.42 Å². The summed E-state index contributed by atoms with van der Waals surface area (Å²) in [5.41, 5.74) is 0. The van der Waals surface area contributed by atoms with Crippen LogP contribution in [-0.4, -0.2) is 46.9 Å². The molecule has 6 heteroatoms. The van der Waals surface area contributed by atoms with Crippen LogP contribution in [0.3, 0.4) is 0 Å². The van der Waals surface area contributed by atoms with Gasteiger partial charge in [0.1, 0.15) is 6.10 Å². The molecule has 3 N–H and O–H groups in total. The minimum absolute atomic E-state index is 0.0761. The Morgan fingerprint density at radius 1 is 0.526 bits per heavy atom. The number of rotatable bonds is 44. The van der Waals surface area contributed by atoms with Gasteiger partial charge in [-0.25, -0.2) is 0 Å². The monoisotopic (exact) mass is 802 g/mol. The number of aliphatic hydroxyl groups is 2. The molecular formula is C51H95NO5. The summed E-state index contributed by atoms with van der Waals surface area (Å²) >= 11 is 0. The lowest BCUT2D eigenvalue weighted by Gasteiger charge is -2.24. The van der Waals surface area contributed by atoms with Crippen LogP contribution in [0.5, 0.6) is 0 Å². The van der Waals surface area contributed by atoms with E-state index >= 15 is 0 Å². The molecule has 0 aliphatic heterocycles. The fourth-order valence-corrected chi connectivity index (χ4v) is 7.55. The molecule has 0 aromatic carbocycles. The van der Waals surface area contributed by atoms with Crippen LogP contribution in [0.4, 0.5) is 0 Å². The number of carbonyl (C=O) groups is 2. The first-order valence-electron chi connectivity index (χ1n) is 24.7. The first kappa shape index (κ1) is 55.1. The van der Waals surface area contributed by atoms with Crippen molar-refractivity contribution in [1.82, 2.24) is 5.32 Å². The SMILES string of the molecule is CC/C=C/C=C/C=C/CCCCCCCCCC(=O)OC(CCCCCCCCCCCCC)CC(=O)NC(CO)C(O)CCCCCCCCCCCCCC. The fraction of sp³-hybridized carbons (Fsp3) is 0.843. The van der Waals surface area contributed by atoms with Gasteiger partial charge < -0.3 is 20.3 Å². The molecule has 0 heterocycles. The smallest absolute Gasteiger partial charge is 0.306 e. The van der Waals surface area contributed by atoms with Crippen molar-refractivity contribution in [2.45, 2.75) is 270 Å². The van der Waals surface area contributed by atoms with Gasteiger partial charge in [0.15, 0.2) is 0 Å². The van der Waals surface area contributed by atoms with E-state index < -0.39 is 18.2 Å². The molecule has 3 unspecified atom stereocenters. The number of hydrogen-bond acceptors (Lipinski definition) is 5. The second-order valence-electron chi connectivity index (χ2n) is 16.9. The van der Waals surface area contributed by atoms with Crippen molar-refractivity contribution in [3.8, 4) is 0 Å². The molecule has 0 spiro atoms. The predicted octanol–water partition coefficient (Wildman–Crippen LogP) is 14.5.